The van der Waals surface area contributed by atoms with Gasteiger partial charge in [-0.2, -0.15) is 0 Å². The minimum absolute atomic E-state index is 0.00821. The molecule has 5 heteroatoms. The van der Waals surface area contributed by atoms with E-state index >= 15 is 0 Å². The molecule has 1 saturated heterocycles. The molecule has 4 N–H and O–H groups in total. The van der Waals surface area contributed by atoms with Crippen molar-refractivity contribution in [3.05, 3.63) is 0 Å². The highest BCUT2D eigenvalue weighted by atomic mass is 16.5. The molecule has 2 rings (SSSR count). The molecule has 2 atom stereocenters. The summed E-state index contributed by atoms with van der Waals surface area (Å²) in [5, 5.41) is 12.6. The van der Waals surface area contributed by atoms with Gasteiger partial charge in [-0.1, -0.05) is 6.92 Å². The Labute approximate surface area is 108 Å². The molecule has 2 unspecified atom stereocenters. The van der Waals surface area contributed by atoms with Crippen LogP contribution in [0.2, 0.25) is 0 Å². The summed E-state index contributed by atoms with van der Waals surface area (Å²) in [6.45, 7) is 3.06. The molecule has 0 bridgehead atoms. The predicted octanol–water partition coefficient (Wildman–Crippen LogP) is 0.0175. The van der Waals surface area contributed by atoms with Gasteiger partial charge in [-0.05, 0) is 31.6 Å². The Morgan fingerprint density at radius 3 is 2.61 bits per heavy atom. The third kappa shape index (κ3) is 2.84. The summed E-state index contributed by atoms with van der Waals surface area (Å²) >= 11 is 0. The summed E-state index contributed by atoms with van der Waals surface area (Å²) in [4.78, 5) is 12.2. The Kier molecular flexibility index (Phi) is 4.25. The van der Waals surface area contributed by atoms with Crippen LogP contribution < -0.4 is 11.1 Å². The molecule has 1 saturated carbocycles. The summed E-state index contributed by atoms with van der Waals surface area (Å²) in [6, 6.07) is -0.219. The van der Waals surface area contributed by atoms with Gasteiger partial charge in [0.25, 0.3) is 0 Å². The van der Waals surface area contributed by atoms with Crippen LogP contribution in [-0.2, 0) is 9.53 Å². The van der Waals surface area contributed by atoms with Crippen molar-refractivity contribution >= 4 is 5.91 Å². The van der Waals surface area contributed by atoms with Crippen molar-refractivity contribution in [2.75, 3.05) is 19.8 Å². The van der Waals surface area contributed by atoms with Gasteiger partial charge < -0.3 is 20.9 Å². The van der Waals surface area contributed by atoms with Gasteiger partial charge in [-0.25, -0.2) is 0 Å². The van der Waals surface area contributed by atoms with E-state index in [1.54, 1.807) is 0 Å². The van der Waals surface area contributed by atoms with Gasteiger partial charge in [0.1, 0.15) is 0 Å². The Bertz CT molecular complexity index is 301. The van der Waals surface area contributed by atoms with Gasteiger partial charge >= 0.3 is 0 Å². The normalized spacial score (nSPS) is 40.7. The van der Waals surface area contributed by atoms with Crippen LogP contribution in [0.25, 0.3) is 0 Å². The zero-order chi connectivity index (χ0) is 13.2. The predicted molar refractivity (Wildman–Crippen MR) is 67.9 cm³/mol. The van der Waals surface area contributed by atoms with Crippen molar-refractivity contribution in [2.24, 2.45) is 17.6 Å². The number of carbonyl (C=O) groups is 1. The minimum atomic E-state index is -0.439. The molecule has 1 heterocycles. The van der Waals surface area contributed by atoms with E-state index in [2.05, 4.69) is 12.2 Å². The first-order valence-corrected chi connectivity index (χ1v) is 6.82. The largest absolute Gasteiger partial charge is 0.394 e. The zero-order valence-corrected chi connectivity index (χ0v) is 11.0. The smallest absolute Gasteiger partial charge is 0.227 e. The van der Waals surface area contributed by atoms with Crippen LogP contribution in [-0.4, -0.2) is 42.4 Å². The summed E-state index contributed by atoms with van der Waals surface area (Å²) in [7, 11) is 0. The molecule has 104 valence electrons. The SMILES string of the molecule is CC1CCC(CO)(NC(=O)C2COCC2N)CC1. The molecule has 18 heavy (non-hydrogen) atoms. The molecule has 2 aliphatic rings. The van der Waals surface area contributed by atoms with Gasteiger partial charge in [0, 0.05) is 6.04 Å². The van der Waals surface area contributed by atoms with Crippen molar-refractivity contribution in [1.29, 1.82) is 0 Å². The van der Waals surface area contributed by atoms with E-state index in [1.165, 1.54) is 0 Å². The fraction of sp³-hybridized carbons (Fsp3) is 0.923. The average molecular weight is 256 g/mol. The van der Waals surface area contributed by atoms with Crippen molar-refractivity contribution in [1.82, 2.24) is 5.32 Å². The van der Waals surface area contributed by atoms with E-state index in [4.69, 9.17) is 10.5 Å². The molecule has 0 radical (unpaired) electrons. The average Bonchev–Trinajstić information content (AvgIpc) is 2.79. The molecule has 2 fully saturated rings. The first-order valence-electron chi connectivity index (χ1n) is 6.82. The van der Waals surface area contributed by atoms with E-state index in [9.17, 15) is 9.90 Å². The number of rotatable bonds is 3. The molecule has 1 amide bonds. The minimum Gasteiger partial charge on any atom is -0.394 e. The molecule has 5 nitrogen and oxygen atoms in total. The van der Waals surface area contributed by atoms with Crippen LogP contribution >= 0.6 is 0 Å². The summed E-state index contributed by atoms with van der Waals surface area (Å²) in [6.07, 6.45) is 3.79. The fourth-order valence-corrected chi connectivity index (χ4v) is 2.83. The maximum atomic E-state index is 12.2. The van der Waals surface area contributed by atoms with Gasteiger partial charge in [-0.15, -0.1) is 0 Å². The second-order valence-electron chi connectivity index (χ2n) is 5.92. The lowest BCUT2D eigenvalue weighted by Gasteiger charge is -2.39. The lowest BCUT2D eigenvalue weighted by Crippen LogP contribution is -2.56. The quantitative estimate of drug-likeness (QED) is 0.664. The maximum absolute atomic E-state index is 12.2. The van der Waals surface area contributed by atoms with Crippen molar-refractivity contribution in [3.63, 3.8) is 0 Å². The van der Waals surface area contributed by atoms with E-state index < -0.39 is 5.54 Å². The third-order valence-electron chi connectivity index (χ3n) is 4.38. The molecule has 0 aromatic heterocycles. The number of aliphatic hydroxyl groups excluding tert-OH is 1. The first-order chi connectivity index (χ1) is 8.56. The molecule has 1 aliphatic carbocycles. The summed E-state index contributed by atoms with van der Waals surface area (Å²) < 4.78 is 5.21. The first kappa shape index (κ1) is 13.8. The van der Waals surface area contributed by atoms with Gasteiger partial charge in [-0.3, -0.25) is 4.79 Å². The fourth-order valence-electron chi connectivity index (χ4n) is 2.83. The second kappa shape index (κ2) is 5.55. The number of ether oxygens (including phenoxy) is 1. The van der Waals surface area contributed by atoms with Crippen LogP contribution in [0.15, 0.2) is 0 Å². The monoisotopic (exact) mass is 256 g/mol. The summed E-state index contributed by atoms with van der Waals surface area (Å²) in [5.41, 5.74) is 5.40. The third-order valence-corrected chi connectivity index (χ3v) is 4.38. The van der Waals surface area contributed by atoms with E-state index in [1.807, 2.05) is 0 Å². The number of amides is 1. The van der Waals surface area contributed by atoms with Crippen molar-refractivity contribution in [3.8, 4) is 0 Å². The number of carbonyl (C=O) groups excluding carboxylic acids is 1. The molecule has 0 spiro atoms. The Morgan fingerprint density at radius 2 is 2.11 bits per heavy atom. The summed E-state index contributed by atoms with van der Waals surface area (Å²) in [5.74, 6) is 0.343. The van der Waals surface area contributed by atoms with Crippen LogP contribution in [0.3, 0.4) is 0 Å². The highest BCUT2D eigenvalue weighted by Crippen LogP contribution is 2.32. The number of nitrogens with two attached hydrogens (primary N) is 1. The zero-order valence-electron chi connectivity index (χ0n) is 11.0. The number of hydrogen-bond acceptors (Lipinski definition) is 4. The van der Waals surface area contributed by atoms with Crippen LogP contribution in [0, 0.1) is 11.8 Å². The highest BCUT2D eigenvalue weighted by molar-refractivity contribution is 5.80. The molecule has 1 aliphatic heterocycles. The lowest BCUT2D eigenvalue weighted by molar-refractivity contribution is -0.128. The molecular weight excluding hydrogens is 232 g/mol. The number of nitrogens with one attached hydrogen (secondary N) is 1. The van der Waals surface area contributed by atoms with E-state index in [0.29, 0.717) is 19.1 Å². The topological polar surface area (TPSA) is 84.6 Å². The maximum Gasteiger partial charge on any atom is 0.227 e. The Morgan fingerprint density at radius 1 is 1.44 bits per heavy atom. The van der Waals surface area contributed by atoms with Crippen LogP contribution in [0.5, 0.6) is 0 Å². The van der Waals surface area contributed by atoms with Crippen LogP contribution in [0.4, 0.5) is 0 Å². The number of hydrogen-bond donors (Lipinski definition) is 3. The van der Waals surface area contributed by atoms with Crippen molar-refractivity contribution in [2.45, 2.75) is 44.2 Å². The standard InChI is InChI=1S/C13H24N2O3/c1-9-2-4-13(8-16,5-3-9)15-12(17)10-6-18-7-11(10)14/h9-11,16H,2-8,14H2,1H3,(H,15,17). The van der Waals surface area contributed by atoms with Crippen LogP contribution in [0.1, 0.15) is 32.6 Å². The Balaban J connectivity index is 1.95. The molecular formula is C13H24N2O3. The van der Waals surface area contributed by atoms with Crippen molar-refractivity contribution < 1.29 is 14.6 Å². The highest BCUT2D eigenvalue weighted by Gasteiger charge is 2.39. The Hall–Kier alpha value is -0.650. The number of aliphatic hydroxyl groups is 1. The van der Waals surface area contributed by atoms with Gasteiger partial charge in [0.2, 0.25) is 5.91 Å². The van der Waals surface area contributed by atoms with E-state index in [0.717, 1.165) is 25.7 Å². The van der Waals surface area contributed by atoms with Gasteiger partial charge in [0.05, 0.1) is 31.3 Å². The molecule has 0 aromatic carbocycles. The van der Waals surface area contributed by atoms with E-state index in [-0.39, 0.29) is 24.5 Å². The molecule has 0 aromatic rings. The second-order valence-corrected chi connectivity index (χ2v) is 5.92. The van der Waals surface area contributed by atoms with Gasteiger partial charge in [0.15, 0.2) is 0 Å². The lowest BCUT2D eigenvalue weighted by atomic mass is 9.77.